The summed E-state index contributed by atoms with van der Waals surface area (Å²) in [5.74, 6) is -1.20. The number of sulfonamides is 1. The lowest BCUT2D eigenvalue weighted by Crippen LogP contribution is -2.25. The minimum absolute atomic E-state index is 0.0795. The number of carbonyl (C=O) groups is 1. The number of nitrogens with one attached hydrogen (secondary N) is 2. The van der Waals surface area contributed by atoms with Crippen LogP contribution in [0.2, 0.25) is 0 Å². The molecule has 21 heavy (non-hydrogen) atoms. The molecule has 2 aromatic rings. The van der Waals surface area contributed by atoms with Crippen molar-refractivity contribution < 1.29 is 18.3 Å². The van der Waals surface area contributed by atoms with E-state index < -0.39 is 16.0 Å². The Labute approximate surface area is 122 Å². The monoisotopic (exact) mass is 308 g/mol. The van der Waals surface area contributed by atoms with Crippen LogP contribution in [0.4, 0.5) is 0 Å². The predicted octanol–water partition coefficient (Wildman–Crippen LogP) is 1.54. The second-order valence-corrected chi connectivity index (χ2v) is 6.46. The number of aromatic carboxylic acids is 1. The van der Waals surface area contributed by atoms with Crippen LogP contribution in [0.5, 0.6) is 0 Å². The third-order valence-electron chi connectivity index (χ3n) is 2.99. The van der Waals surface area contributed by atoms with Gasteiger partial charge in [-0.25, -0.2) is 17.9 Å². The van der Waals surface area contributed by atoms with Crippen LogP contribution in [0.25, 0.3) is 0 Å². The lowest BCUT2D eigenvalue weighted by Gasteiger charge is -2.05. The average molecular weight is 308 g/mol. The molecule has 2 rings (SSSR count). The van der Waals surface area contributed by atoms with Gasteiger partial charge in [0.05, 0.1) is 0 Å². The van der Waals surface area contributed by atoms with Crippen molar-refractivity contribution in [1.29, 1.82) is 0 Å². The first-order valence-electron chi connectivity index (χ1n) is 6.35. The van der Waals surface area contributed by atoms with Crippen molar-refractivity contribution in [2.75, 3.05) is 6.54 Å². The summed E-state index contributed by atoms with van der Waals surface area (Å²) in [5.41, 5.74) is 2.00. The molecule has 0 unspecified atom stereocenters. The largest absolute Gasteiger partial charge is 0.477 e. The first-order chi connectivity index (χ1) is 9.88. The standard InChI is InChI=1S/C14H16N2O4S/c1-10-3-2-4-11(7-10)5-6-16-21(19,20)12-8-13(14(17)18)15-9-12/h2-4,7-9,15-16H,5-6H2,1H3,(H,17,18). The maximum Gasteiger partial charge on any atom is 0.352 e. The highest BCUT2D eigenvalue weighted by atomic mass is 32.2. The fraction of sp³-hybridized carbons (Fsp3) is 0.214. The van der Waals surface area contributed by atoms with E-state index in [2.05, 4.69) is 9.71 Å². The molecule has 0 aliphatic heterocycles. The normalized spacial score (nSPS) is 11.5. The number of hydrogen-bond donors (Lipinski definition) is 3. The van der Waals surface area contributed by atoms with Crippen LogP contribution in [0, 0.1) is 6.92 Å². The number of carboxylic acid groups (broad SMARTS) is 1. The van der Waals surface area contributed by atoms with Gasteiger partial charge in [-0.2, -0.15) is 0 Å². The highest BCUT2D eigenvalue weighted by Crippen LogP contribution is 2.11. The van der Waals surface area contributed by atoms with Crippen molar-refractivity contribution in [2.24, 2.45) is 0 Å². The first-order valence-corrected chi connectivity index (χ1v) is 7.84. The van der Waals surface area contributed by atoms with Gasteiger partial charge in [-0.05, 0) is 25.0 Å². The van der Waals surface area contributed by atoms with Crippen LogP contribution < -0.4 is 4.72 Å². The minimum Gasteiger partial charge on any atom is -0.477 e. The zero-order valence-electron chi connectivity index (χ0n) is 11.5. The van der Waals surface area contributed by atoms with E-state index in [-0.39, 0.29) is 17.1 Å². The summed E-state index contributed by atoms with van der Waals surface area (Å²) in [6.45, 7) is 2.22. The molecule has 112 valence electrons. The van der Waals surface area contributed by atoms with Crippen molar-refractivity contribution in [3.8, 4) is 0 Å². The summed E-state index contributed by atoms with van der Waals surface area (Å²) < 4.78 is 26.5. The van der Waals surface area contributed by atoms with Crippen molar-refractivity contribution in [3.63, 3.8) is 0 Å². The van der Waals surface area contributed by atoms with Gasteiger partial charge >= 0.3 is 5.97 Å². The van der Waals surface area contributed by atoms with E-state index >= 15 is 0 Å². The molecule has 6 nitrogen and oxygen atoms in total. The van der Waals surface area contributed by atoms with Gasteiger partial charge < -0.3 is 10.1 Å². The number of aromatic amines is 1. The fourth-order valence-corrected chi connectivity index (χ4v) is 2.96. The molecule has 1 heterocycles. The number of carboxylic acids is 1. The van der Waals surface area contributed by atoms with E-state index in [1.54, 1.807) is 0 Å². The molecule has 1 aromatic carbocycles. The van der Waals surface area contributed by atoms with Crippen molar-refractivity contribution in [1.82, 2.24) is 9.71 Å². The third kappa shape index (κ3) is 3.93. The minimum atomic E-state index is -3.70. The summed E-state index contributed by atoms with van der Waals surface area (Å²) in [6, 6.07) is 8.91. The molecular formula is C14H16N2O4S. The van der Waals surface area contributed by atoms with Gasteiger partial charge in [-0.15, -0.1) is 0 Å². The quantitative estimate of drug-likeness (QED) is 0.753. The Morgan fingerprint density at radius 1 is 1.33 bits per heavy atom. The molecule has 0 aliphatic rings. The number of hydrogen-bond acceptors (Lipinski definition) is 3. The number of aryl methyl sites for hydroxylation is 1. The Morgan fingerprint density at radius 2 is 2.10 bits per heavy atom. The summed E-state index contributed by atoms with van der Waals surface area (Å²) in [5, 5.41) is 8.77. The number of H-pyrrole nitrogens is 1. The zero-order valence-corrected chi connectivity index (χ0v) is 12.3. The zero-order chi connectivity index (χ0) is 15.5. The smallest absolute Gasteiger partial charge is 0.352 e. The fourth-order valence-electron chi connectivity index (χ4n) is 1.93. The second-order valence-electron chi connectivity index (χ2n) is 4.69. The van der Waals surface area contributed by atoms with Gasteiger partial charge in [-0.3, -0.25) is 0 Å². The number of rotatable bonds is 6. The maximum atomic E-state index is 12.0. The number of benzene rings is 1. The van der Waals surface area contributed by atoms with Crippen molar-refractivity contribution >= 4 is 16.0 Å². The molecular weight excluding hydrogens is 292 g/mol. The van der Waals surface area contributed by atoms with Crippen LogP contribution in [-0.4, -0.2) is 31.0 Å². The van der Waals surface area contributed by atoms with Crippen molar-refractivity contribution in [3.05, 3.63) is 53.3 Å². The Balaban J connectivity index is 1.99. The Hall–Kier alpha value is -2.12. The number of aromatic nitrogens is 1. The summed E-state index contributed by atoms with van der Waals surface area (Å²) >= 11 is 0. The lowest BCUT2D eigenvalue weighted by atomic mass is 10.1. The molecule has 0 amide bonds. The van der Waals surface area contributed by atoms with E-state index in [0.717, 1.165) is 17.2 Å². The topological polar surface area (TPSA) is 99.3 Å². The van der Waals surface area contributed by atoms with E-state index in [1.807, 2.05) is 31.2 Å². The molecule has 3 N–H and O–H groups in total. The van der Waals surface area contributed by atoms with Gasteiger partial charge in [0.1, 0.15) is 10.6 Å². The van der Waals surface area contributed by atoms with Gasteiger partial charge in [0, 0.05) is 12.7 Å². The summed E-state index contributed by atoms with van der Waals surface area (Å²) in [4.78, 5) is 13.1. The van der Waals surface area contributed by atoms with Gasteiger partial charge in [0.2, 0.25) is 10.0 Å². The van der Waals surface area contributed by atoms with E-state index in [9.17, 15) is 13.2 Å². The van der Waals surface area contributed by atoms with Gasteiger partial charge in [0.25, 0.3) is 0 Å². The molecule has 0 atom stereocenters. The molecule has 0 fully saturated rings. The summed E-state index contributed by atoms with van der Waals surface area (Å²) in [7, 11) is -3.70. The molecule has 0 radical (unpaired) electrons. The van der Waals surface area contributed by atoms with Crippen molar-refractivity contribution in [2.45, 2.75) is 18.2 Å². The summed E-state index contributed by atoms with van der Waals surface area (Å²) in [6.07, 6.45) is 1.73. The lowest BCUT2D eigenvalue weighted by molar-refractivity contribution is 0.0691. The first kappa shape index (κ1) is 15.3. The molecule has 1 aromatic heterocycles. The molecule has 0 spiro atoms. The molecule has 0 bridgehead atoms. The molecule has 7 heteroatoms. The SMILES string of the molecule is Cc1cccc(CCNS(=O)(=O)c2c[nH]c(C(=O)O)c2)c1. The maximum absolute atomic E-state index is 12.0. The Kier molecular flexibility index (Phi) is 4.44. The molecule has 0 saturated carbocycles. The predicted molar refractivity (Wildman–Crippen MR) is 77.8 cm³/mol. The van der Waals surface area contributed by atoms with Crippen LogP contribution in [-0.2, 0) is 16.4 Å². The second kappa shape index (κ2) is 6.11. The van der Waals surface area contributed by atoms with E-state index in [0.29, 0.717) is 6.42 Å². The van der Waals surface area contributed by atoms with Crippen LogP contribution in [0.3, 0.4) is 0 Å². The van der Waals surface area contributed by atoms with Crippen LogP contribution >= 0.6 is 0 Å². The van der Waals surface area contributed by atoms with Crippen LogP contribution in [0.15, 0.2) is 41.4 Å². The highest BCUT2D eigenvalue weighted by molar-refractivity contribution is 7.89. The average Bonchev–Trinajstić information content (AvgIpc) is 2.89. The van der Waals surface area contributed by atoms with E-state index in [4.69, 9.17) is 5.11 Å². The Morgan fingerprint density at radius 3 is 2.71 bits per heavy atom. The third-order valence-corrected chi connectivity index (χ3v) is 4.43. The molecule has 0 aliphatic carbocycles. The van der Waals surface area contributed by atoms with E-state index in [1.165, 1.54) is 6.20 Å². The Bertz CT molecular complexity index is 750. The van der Waals surface area contributed by atoms with Crippen LogP contribution in [0.1, 0.15) is 21.6 Å². The van der Waals surface area contributed by atoms with Gasteiger partial charge in [0.15, 0.2) is 0 Å². The van der Waals surface area contributed by atoms with Gasteiger partial charge in [-0.1, -0.05) is 29.8 Å². The molecule has 0 saturated heterocycles. The highest BCUT2D eigenvalue weighted by Gasteiger charge is 2.17.